The number of anilines is 2. The molecule has 0 atom stereocenters. The van der Waals surface area contributed by atoms with Crippen LogP contribution in [0, 0.1) is 11.3 Å². The first-order chi connectivity index (χ1) is 11.1. The van der Waals surface area contributed by atoms with Gasteiger partial charge in [0.2, 0.25) is 5.95 Å². The summed E-state index contributed by atoms with van der Waals surface area (Å²) in [5, 5.41) is 16.2. The van der Waals surface area contributed by atoms with Crippen LogP contribution >= 0.6 is 23.2 Å². The maximum Gasteiger partial charge on any atom is 0.253 e. The van der Waals surface area contributed by atoms with E-state index in [0.717, 1.165) is 11.2 Å². The molecule has 0 radical (unpaired) electrons. The Morgan fingerprint density at radius 3 is 2.61 bits per heavy atom. The zero-order valence-electron chi connectivity index (χ0n) is 11.5. The molecule has 6 nitrogen and oxygen atoms in total. The third kappa shape index (κ3) is 2.46. The molecule has 0 saturated carbocycles. The van der Waals surface area contributed by atoms with Gasteiger partial charge in [-0.2, -0.15) is 10.2 Å². The molecule has 8 heteroatoms. The van der Waals surface area contributed by atoms with Gasteiger partial charge in [-0.3, -0.25) is 5.10 Å². The number of nitrogens with zero attached hydrogens (tertiary/aromatic N) is 4. The van der Waals surface area contributed by atoms with Gasteiger partial charge in [-0.05, 0) is 36.4 Å². The van der Waals surface area contributed by atoms with E-state index in [-0.39, 0.29) is 0 Å². The molecule has 0 fully saturated rings. The highest BCUT2D eigenvalue weighted by Crippen LogP contribution is 2.25. The molecule has 2 N–H and O–H groups in total. The molecule has 2 aromatic heterocycles. The van der Waals surface area contributed by atoms with Gasteiger partial charge < -0.3 is 5.32 Å². The fourth-order valence-electron chi connectivity index (χ4n) is 2.37. The van der Waals surface area contributed by atoms with E-state index in [1.54, 1.807) is 34.8 Å². The summed E-state index contributed by atoms with van der Waals surface area (Å²) in [4.78, 5) is 8.77. The van der Waals surface area contributed by atoms with Crippen molar-refractivity contribution in [2.75, 3.05) is 5.32 Å². The molecule has 2 heterocycles. The highest BCUT2D eigenvalue weighted by atomic mass is 35.5. The minimum Gasteiger partial charge on any atom is -0.324 e. The van der Waals surface area contributed by atoms with Gasteiger partial charge in [-0.25, -0.2) is 9.50 Å². The van der Waals surface area contributed by atoms with Gasteiger partial charge in [0.1, 0.15) is 0 Å². The van der Waals surface area contributed by atoms with E-state index in [2.05, 4.69) is 26.5 Å². The number of hydrogen-bond donors (Lipinski definition) is 2. The molecule has 2 aromatic carbocycles. The van der Waals surface area contributed by atoms with Crippen molar-refractivity contribution in [3.8, 4) is 6.07 Å². The predicted molar refractivity (Wildman–Crippen MR) is 89.3 cm³/mol. The Labute approximate surface area is 140 Å². The zero-order chi connectivity index (χ0) is 16.0. The maximum absolute atomic E-state index is 8.94. The summed E-state index contributed by atoms with van der Waals surface area (Å²) in [5.74, 6) is 1.02. The fourth-order valence-corrected chi connectivity index (χ4v) is 2.90. The summed E-state index contributed by atoms with van der Waals surface area (Å²) in [6.45, 7) is 0. The topological polar surface area (TPSA) is 81.8 Å². The first-order valence-electron chi connectivity index (χ1n) is 6.64. The van der Waals surface area contributed by atoms with Crippen LogP contribution in [0.5, 0.6) is 0 Å². The SMILES string of the molecule is N#Cc1ccc2c(c1)nc1nc(Nc3cc(Cl)cc(Cl)c3)[nH]n12. The second-order valence-electron chi connectivity index (χ2n) is 4.92. The monoisotopic (exact) mass is 342 g/mol. The predicted octanol–water partition coefficient (Wildman–Crippen LogP) is 4.13. The van der Waals surface area contributed by atoms with Crippen molar-refractivity contribution >= 4 is 51.6 Å². The lowest BCUT2D eigenvalue weighted by Crippen LogP contribution is -1.93. The van der Waals surface area contributed by atoms with E-state index in [1.807, 2.05) is 6.07 Å². The molecule has 4 aromatic rings. The number of rotatable bonds is 2. The molecule has 0 unspecified atom stereocenters. The van der Waals surface area contributed by atoms with Gasteiger partial charge in [0.25, 0.3) is 5.78 Å². The number of aromatic nitrogens is 4. The smallest absolute Gasteiger partial charge is 0.253 e. The molecule has 0 saturated heterocycles. The normalized spacial score (nSPS) is 11.0. The second kappa shape index (κ2) is 5.16. The molecule has 4 rings (SSSR count). The third-order valence-electron chi connectivity index (χ3n) is 3.32. The van der Waals surface area contributed by atoms with Gasteiger partial charge in [-0.1, -0.05) is 23.2 Å². The standard InChI is InChI=1S/C15H8Cl2N6/c16-9-4-10(17)6-11(5-9)19-14-21-15-20-12-3-8(7-18)1-2-13(12)23(15)22-14/h1-6H,(H2,19,20,21,22). The van der Waals surface area contributed by atoms with Gasteiger partial charge >= 0.3 is 0 Å². The molecule has 0 amide bonds. The van der Waals surface area contributed by atoms with E-state index in [9.17, 15) is 0 Å². The van der Waals surface area contributed by atoms with Crippen LogP contribution in [0.4, 0.5) is 11.6 Å². The minimum atomic E-state index is 0.505. The highest BCUT2D eigenvalue weighted by molar-refractivity contribution is 6.35. The summed E-state index contributed by atoms with van der Waals surface area (Å²) < 4.78 is 1.74. The van der Waals surface area contributed by atoms with Gasteiger partial charge in [-0.15, -0.1) is 0 Å². The zero-order valence-corrected chi connectivity index (χ0v) is 13.0. The Morgan fingerprint density at radius 1 is 1.09 bits per heavy atom. The van der Waals surface area contributed by atoms with Gasteiger partial charge in [0.05, 0.1) is 22.7 Å². The van der Waals surface area contributed by atoms with E-state index >= 15 is 0 Å². The largest absolute Gasteiger partial charge is 0.324 e. The minimum absolute atomic E-state index is 0.505. The number of aromatic amines is 1. The van der Waals surface area contributed by atoms with Crippen molar-refractivity contribution in [3.63, 3.8) is 0 Å². The molecule has 0 bridgehead atoms. The van der Waals surface area contributed by atoms with E-state index in [1.165, 1.54) is 0 Å². The van der Waals surface area contributed by atoms with Crippen LogP contribution in [0.15, 0.2) is 36.4 Å². The van der Waals surface area contributed by atoms with Crippen LogP contribution in [0.1, 0.15) is 5.56 Å². The van der Waals surface area contributed by atoms with E-state index in [0.29, 0.717) is 32.9 Å². The average Bonchev–Trinajstić information content (AvgIpc) is 3.02. The van der Waals surface area contributed by atoms with Crippen molar-refractivity contribution in [1.29, 1.82) is 5.26 Å². The quantitative estimate of drug-likeness (QED) is 0.573. The number of H-pyrrole nitrogens is 1. The molecule has 23 heavy (non-hydrogen) atoms. The summed E-state index contributed by atoms with van der Waals surface area (Å²) in [7, 11) is 0. The Bertz CT molecular complexity index is 1070. The fraction of sp³-hybridized carbons (Fsp3) is 0. The summed E-state index contributed by atoms with van der Waals surface area (Å²) in [6.07, 6.45) is 0. The number of nitriles is 1. The molecule has 0 spiro atoms. The first-order valence-corrected chi connectivity index (χ1v) is 7.39. The molecule has 0 aliphatic heterocycles. The molecule has 0 aliphatic carbocycles. The van der Waals surface area contributed by atoms with Crippen molar-refractivity contribution in [1.82, 2.24) is 19.6 Å². The van der Waals surface area contributed by atoms with E-state index in [4.69, 9.17) is 28.5 Å². The van der Waals surface area contributed by atoms with Crippen LogP contribution in [0.2, 0.25) is 10.0 Å². The summed E-state index contributed by atoms with van der Waals surface area (Å²) in [5.41, 5.74) is 2.82. The van der Waals surface area contributed by atoms with Crippen molar-refractivity contribution in [3.05, 3.63) is 52.0 Å². The van der Waals surface area contributed by atoms with Crippen LogP contribution < -0.4 is 5.32 Å². The highest BCUT2D eigenvalue weighted by Gasteiger charge is 2.10. The Hall–Kier alpha value is -2.75. The second-order valence-corrected chi connectivity index (χ2v) is 5.79. The lowest BCUT2D eigenvalue weighted by molar-refractivity contribution is 1.01. The number of fused-ring (bicyclic) bond motifs is 3. The molecular weight excluding hydrogens is 335 g/mol. The molecular formula is C15H8Cl2N6. The number of benzene rings is 2. The number of hydrogen-bond acceptors (Lipinski definition) is 4. The molecule has 0 aliphatic rings. The number of halogens is 2. The lowest BCUT2D eigenvalue weighted by atomic mass is 10.2. The van der Waals surface area contributed by atoms with Gasteiger partial charge in [0.15, 0.2) is 0 Å². The summed E-state index contributed by atoms with van der Waals surface area (Å²) >= 11 is 12.0. The van der Waals surface area contributed by atoms with Crippen LogP contribution in [-0.2, 0) is 0 Å². The average molecular weight is 343 g/mol. The Kier molecular flexibility index (Phi) is 3.11. The van der Waals surface area contributed by atoms with Crippen molar-refractivity contribution in [2.24, 2.45) is 0 Å². The lowest BCUT2D eigenvalue weighted by Gasteiger charge is -2.03. The maximum atomic E-state index is 8.94. The number of imidazole rings is 1. The van der Waals surface area contributed by atoms with Crippen LogP contribution in [0.3, 0.4) is 0 Å². The first kappa shape index (κ1) is 13.9. The molecule has 112 valence electrons. The Morgan fingerprint density at radius 2 is 1.87 bits per heavy atom. The van der Waals surface area contributed by atoms with Gasteiger partial charge in [0, 0.05) is 15.7 Å². The van der Waals surface area contributed by atoms with Crippen molar-refractivity contribution in [2.45, 2.75) is 0 Å². The Balaban J connectivity index is 1.76. The summed E-state index contributed by atoms with van der Waals surface area (Å²) in [6, 6.07) is 12.5. The van der Waals surface area contributed by atoms with Crippen LogP contribution in [0.25, 0.3) is 16.8 Å². The van der Waals surface area contributed by atoms with Crippen molar-refractivity contribution < 1.29 is 0 Å². The van der Waals surface area contributed by atoms with Crippen LogP contribution in [-0.4, -0.2) is 19.6 Å². The number of nitrogens with one attached hydrogen (secondary N) is 2. The van der Waals surface area contributed by atoms with E-state index < -0.39 is 0 Å². The third-order valence-corrected chi connectivity index (χ3v) is 3.76.